The number of ether oxygens (including phenoxy) is 1. The maximum Gasteiger partial charge on any atom is 0.242 e. The van der Waals surface area contributed by atoms with E-state index in [4.69, 9.17) is 16.3 Å². The maximum absolute atomic E-state index is 13.4. The van der Waals surface area contributed by atoms with Gasteiger partial charge in [0.2, 0.25) is 21.8 Å². The third-order valence-electron chi connectivity index (χ3n) is 6.00. The predicted molar refractivity (Wildman–Crippen MR) is 148 cm³/mol. The Bertz CT molecular complexity index is 1160. The molecule has 1 N–H and O–H groups in total. The van der Waals surface area contributed by atoms with Gasteiger partial charge < -0.3 is 15.0 Å². The van der Waals surface area contributed by atoms with Gasteiger partial charge in [-0.15, -0.1) is 0 Å². The largest absolute Gasteiger partial charge is 0.492 e. The van der Waals surface area contributed by atoms with Crippen molar-refractivity contribution in [2.75, 3.05) is 23.7 Å². The quantitative estimate of drug-likeness (QED) is 0.370. The third-order valence-corrected chi connectivity index (χ3v) is 7.41. The second-order valence-electron chi connectivity index (χ2n) is 8.98. The maximum atomic E-state index is 13.4. The summed E-state index contributed by atoms with van der Waals surface area (Å²) in [6.45, 7) is 8.09. The molecule has 8 nitrogen and oxygen atoms in total. The molecule has 10 heteroatoms. The van der Waals surface area contributed by atoms with Gasteiger partial charge in [0.15, 0.2) is 0 Å². The molecule has 0 unspecified atom stereocenters. The highest BCUT2D eigenvalue weighted by molar-refractivity contribution is 7.92. The van der Waals surface area contributed by atoms with Crippen LogP contribution in [0.4, 0.5) is 5.69 Å². The van der Waals surface area contributed by atoms with E-state index >= 15 is 0 Å². The Hall–Kier alpha value is -2.78. The molecule has 0 aliphatic heterocycles. The number of hydrogen-bond donors (Lipinski definition) is 1. The fourth-order valence-electron chi connectivity index (χ4n) is 3.80. The number of halogens is 1. The van der Waals surface area contributed by atoms with Crippen LogP contribution in [0.3, 0.4) is 0 Å². The molecule has 2 rings (SSSR count). The molecule has 2 aromatic carbocycles. The molecule has 0 aliphatic rings. The molecule has 0 saturated carbocycles. The van der Waals surface area contributed by atoms with E-state index < -0.39 is 16.1 Å². The summed E-state index contributed by atoms with van der Waals surface area (Å²) >= 11 is 6.14. The van der Waals surface area contributed by atoms with Gasteiger partial charge in [-0.05, 0) is 63.4 Å². The molecule has 0 aliphatic carbocycles. The van der Waals surface area contributed by atoms with Crippen molar-refractivity contribution in [1.29, 1.82) is 0 Å². The molecule has 204 valence electrons. The van der Waals surface area contributed by atoms with Gasteiger partial charge in [0.1, 0.15) is 11.8 Å². The van der Waals surface area contributed by atoms with Crippen molar-refractivity contribution in [3.8, 4) is 5.75 Å². The van der Waals surface area contributed by atoms with Gasteiger partial charge in [0, 0.05) is 30.6 Å². The zero-order valence-corrected chi connectivity index (χ0v) is 23.8. The number of carbonyl (C=O) groups excluding carboxylic acids is 2. The van der Waals surface area contributed by atoms with Crippen LogP contribution in [0.2, 0.25) is 5.02 Å². The van der Waals surface area contributed by atoms with E-state index in [1.807, 2.05) is 26.8 Å². The van der Waals surface area contributed by atoms with Crippen molar-refractivity contribution in [3.05, 3.63) is 59.1 Å². The van der Waals surface area contributed by atoms with Gasteiger partial charge in [0.05, 0.1) is 18.6 Å². The Balaban J connectivity index is 2.21. The zero-order chi connectivity index (χ0) is 27.6. The smallest absolute Gasteiger partial charge is 0.242 e. The molecule has 2 atom stereocenters. The fourth-order valence-corrected chi connectivity index (χ4v) is 4.99. The standard InChI is InChI=1S/C27H38ClN3O5S/c1-6-20(3)29-27(33)21(4)30(19-22-12-10-13-23(28)18-22)26(32)16-11-17-31(37(5,34)35)24-14-8-9-15-25(24)36-7-2/h8-10,12-15,18,20-21H,6-7,11,16-17,19H2,1-5H3,(H,29,33)/t20-,21+/m1/s1. The number of sulfonamides is 1. The lowest BCUT2D eigenvalue weighted by Crippen LogP contribution is -2.49. The van der Waals surface area contributed by atoms with Crippen LogP contribution in [0.1, 0.15) is 52.5 Å². The normalized spacial score (nSPS) is 12.9. The van der Waals surface area contributed by atoms with E-state index in [9.17, 15) is 18.0 Å². The molecule has 0 radical (unpaired) electrons. The molecular formula is C27H38ClN3O5S. The highest BCUT2D eigenvalue weighted by Crippen LogP contribution is 2.30. The van der Waals surface area contributed by atoms with Crippen molar-refractivity contribution in [2.24, 2.45) is 0 Å². The third kappa shape index (κ3) is 9.23. The fraction of sp³-hybridized carbons (Fsp3) is 0.481. The summed E-state index contributed by atoms with van der Waals surface area (Å²) in [4.78, 5) is 27.8. The molecule has 2 amide bonds. The van der Waals surface area contributed by atoms with Crippen LogP contribution in [0.25, 0.3) is 0 Å². The summed E-state index contributed by atoms with van der Waals surface area (Å²) in [7, 11) is -3.63. The van der Waals surface area contributed by atoms with Crippen LogP contribution in [-0.4, -0.2) is 56.6 Å². The van der Waals surface area contributed by atoms with Crippen LogP contribution >= 0.6 is 11.6 Å². The Morgan fingerprint density at radius 3 is 2.41 bits per heavy atom. The lowest BCUT2D eigenvalue weighted by Gasteiger charge is -2.30. The summed E-state index contributed by atoms with van der Waals surface area (Å²) in [5.41, 5.74) is 1.23. The Morgan fingerprint density at radius 2 is 1.78 bits per heavy atom. The molecular weight excluding hydrogens is 514 g/mol. The lowest BCUT2D eigenvalue weighted by molar-refractivity contribution is -0.140. The van der Waals surface area contributed by atoms with Gasteiger partial charge in [0.25, 0.3) is 0 Å². The molecule has 0 bridgehead atoms. The Labute approximate surface area is 226 Å². The van der Waals surface area contributed by atoms with Crippen molar-refractivity contribution in [3.63, 3.8) is 0 Å². The SMILES string of the molecule is CCOc1ccccc1N(CCCC(=O)N(Cc1cccc(Cl)c1)[C@@H](C)C(=O)N[C@H](C)CC)S(C)(=O)=O. The molecule has 0 heterocycles. The summed E-state index contributed by atoms with van der Waals surface area (Å²) < 4.78 is 32.1. The average molecular weight is 552 g/mol. The first-order chi connectivity index (χ1) is 17.5. The molecule has 2 aromatic rings. The topological polar surface area (TPSA) is 96.0 Å². The van der Waals surface area contributed by atoms with E-state index in [-0.39, 0.29) is 43.8 Å². The Kier molecular flexibility index (Phi) is 11.7. The molecule has 0 spiro atoms. The summed E-state index contributed by atoms with van der Waals surface area (Å²) in [5.74, 6) is -0.0360. The van der Waals surface area contributed by atoms with Crippen LogP contribution in [0, 0.1) is 0 Å². The second kappa shape index (κ2) is 14.2. The summed E-state index contributed by atoms with van der Waals surface area (Å²) in [5, 5.41) is 3.48. The van der Waals surface area contributed by atoms with Crippen molar-refractivity contribution in [1.82, 2.24) is 10.2 Å². The van der Waals surface area contributed by atoms with Gasteiger partial charge in [-0.25, -0.2) is 8.42 Å². The highest BCUT2D eigenvalue weighted by atomic mass is 35.5. The highest BCUT2D eigenvalue weighted by Gasteiger charge is 2.27. The number of hydrogen-bond acceptors (Lipinski definition) is 5. The van der Waals surface area contributed by atoms with Crippen LogP contribution in [-0.2, 0) is 26.2 Å². The van der Waals surface area contributed by atoms with Gasteiger partial charge in [-0.1, -0.05) is 42.8 Å². The number of para-hydroxylation sites is 2. The first-order valence-corrected chi connectivity index (χ1v) is 14.7. The van der Waals surface area contributed by atoms with E-state index in [1.54, 1.807) is 49.4 Å². The van der Waals surface area contributed by atoms with Crippen molar-refractivity contribution >= 4 is 39.1 Å². The second-order valence-corrected chi connectivity index (χ2v) is 11.3. The van der Waals surface area contributed by atoms with Gasteiger partial charge >= 0.3 is 0 Å². The average Bonchev–Trinajstić information content (AvgIpc) is 2.84. The zero-order valence-electron chi connectivity index (χ0n) is 22.2. The molecule has 0 fully saturated rings. The van der Waals surface area contributed by atoms with E-state index in [2.05, 4.69) is 5.32 Å². The number of anilines is 1. The lowest BCUT2D eigenvalue weighted by atomic mass is 10.1. The van der Waals surface area contributed by atoms with Crippen molar-refractivity contribution in [2.45, 2.75) is 65.6 Å². The Morgan fingerprint density at radius 1 is 1.08 bits per heavy atom. The minimum absolute atomic E-state index is 0.0215. The summed E-state index contributed by atoms with van der Waals surface area (Å²) in [6, 6.07) is 13.3. The number of benzene rings is 2. The van der Waals surface area contributed by atoms with E-state index in [1.165, 1.54) is 9.21 Å². The summed E-state index contributed by atoms with van der Waals surface area (Å²) in [6.07, 6.45) is 2.22. The number of carbonyl (C=O) groups is 2. The van der Waals surface area contributed by atoms with E-state index in [0.717, 1.165) is 18.2 Å². The predicted octanol–water partition coefficient (Wildman–Crippen LogP) is 4.62. The van der Waals surface area contributed by atoms with Crippen molar-refractivity contribution < 1.29 is 22.7 Å². The molecule has 0 aromatic heterocycles. The number of rotatable bonds is 14. The number of nitrogens with one attached hydrogen (secondary N) is 1. The van der Waals surface area contributed by atoms with Gasteiger partial charge in [-0.2, -0.15) is 0 Å². The number of nitrogens with zero attached hydrogens (tertiary/aromatic N) is 2. The number of amides is 2. The minimum atomic E-state index is -3.63. The first kappa shape index (κ1) is 30.4. The molecule has 0 saturated heterocycles. The first-order valence-electron chi connectivity index (χ1n) is 12.5. The molecule has 37 heavy (non-hydrogen) atoms. The van der Waals surface area contributed by atoms with Crippen LogP contribution < -0.4 is 14.4 Å². The van der Waals surface area contributed by atoms with Gasteiger partial charge in [-0.3, -0.25) is 13.9 Å². The van der Waals surface area contributed by atoms with E-state index in [0.29, 0.717) is 23.1 Å². The monoisotopic (exact) mass is 551 g/mol. The minimum Gasteiger partial charge on any atom is -0.492 e. The van der Waals surface area contributed by atoms with Crippen LogP contribution in [0.15, 0.2) is 48.5 Å². The van der Waals surface area contributed by atoms with Crippen LogP contribution in [0.5, 0.6) is 5.75 Å².